The Bertz CT molecular complexity index is 291. The average Bonchev–Trinajstić information content (AvgIpc) is 2.67. The third-order valence-electron chi connectivity index (χ3n) is 2.08. The van der Waals surface area contributed by atoms with E-state index in [4.69, 9.17) is 4.74 Å². The molecule has 1 aliphatic heterocycles. The minimum atomic E-state index is 0.0422. The van der Waals surface area contributed by atoms with Crippen LogP contribution in [0.15, 0.2) is 4.52 Å². The Morgan fingerprint density at radius 2 is 2.46 bits per heavy atom. The first kappa shape index (κ1) is 8.37. The van der Waals surface area contributed by atoms with Crippen LogP contribution in [0, 0.1) is 0 Å². The third-order valence-corrected chi connectivity index (χ3v) is 2.08. The van der Waals surface area contributed by atoms with Crippen LogP contribution in [0.25, 0.3) is 0 Å². The summed E-state index contributed by atoms with van der Waals surface area (Å²) in [5.74, 6) is 0.813. The molecule has 70 valence electrons. The molecule has 1 saturated heterocycles. The molecular formula is C8H10N2O3. The number of carbonyl (C=O) groups excluding carboxylic acids is 1. The van der Waals surface area contributed by atoms with Crippen LogP contribution in [-0.4, -0.2) is 29.6 Å². The van der Waals surface area contributed by atoms with E-state index in [1.807, 2.05) is 0 Å². The topological polar surface area (TPSA) is 65.2 Å². The van der Waals surface area contributed by atoms with Gasteiger partial charge in [0, 0.05) is 12.5 Å². The number of rotatable bonds is 2. The van der Waals surface area contributed by atoms with E-state index in [2.05, 4.69) is 14.7 Å². The smallest absolute Gasteiger partial charge is 0.290 e. The van der Waals surface area contributed by atoms with Gasteiger partial charge in [0.05, 0.1) is 6.61 Å². The molecule has 5 nitrogen and oxygen atoms in total. The Balaban J connectivity index is 2.09. The fourth-order valence-electron chi connectivity index (χ4n) is 1.41. The summed E-state index contributed by atoms with van der Waals surface area (Å²) in [4.78, 5) is 14.2. The first-order valence-corrected chi connectivity index (χ1v) is 4.26. The van der Waals surface area contributed by atoms with Crippen molar-refractivity contribution in [3.05, 3.63) is 11.7 Å². The van der Waals surface area contributed by atoms with Gasteiger partial charge in [-0.3, -0.25) is 4.79 Å². The third kappa shape index (κ3) is 1.75. The van der Waals surface area contributed by atoms with Crippen LogP contribution in [0.5, 0.6) is 0 Å². The summed E-state index contributed by atoms with van der Waals surface area (Å²) in [7, 11) is 0. The lowest BCUT2D eigenvalue weighted by atomic mass is 10.0. The SMILES string of the molecule is O=Cc1nc(C2CCCOC2)no1. The van der Waals surface area contributed by atoms with E-state index in [1.54, 1.807) is 0 Å². The lowest BCUT2D eigenvalue weighted by Crippen LogP contribution is -2.16. The number of ether oxygens (including phenoxy) is 1. The van der Waals surface area contributed by atoms with Crippen molar-refractivity contribution in [1.82, 2.24) is 10.1 Å². The summed E-state index contributed by atoms with van der Waals surface area (Å²) < 4.78 is 9.95. The molecule has 1 aliphatic rings. The molecular weight excluding hydrogens is 172 g/mol. The minimum absolute atomic E-state index is 0.0422. The van der Waals surface area contributed by atoms with E-state index >= 15 is 0 Å². The van der Waals surface area contributed by atoms with Crippen molar-refractivity contribution in [2.45, 2.75) is 18.8 Å². The van der Waals surface area contributed by atoms with Gasteiger partial charge in [0.25, 0.3) is 5.89 Å². The number of aromatic nitrogens is 2. The second kappa shape index (κ2) is 3.66. The molecule has 1 aromatic rings. The van der Waals surface area contributed by atoms with Crippen LogP contribution in [0.3, 0.4) is 0 Å². The van der Waals surface area contributed by atoms with Crippen LogP contribution >= 0.6 is 0 Å². The highest BCUT2D eigenvalue weighted by Gasteiger charge is 2.21. The predicted molar refractivity (Wildman–Crippen MR) is 42.5 cm³/mol. The van der Waals surface area contributed by atoms with Gasteiger partial charge < -0.3 is 9.26 Å². The Hall–Kier alpha value is -1.23. The summed E-state index contributed by atoms with van der Waals surface area (Å²) in [5.41, 5.74) is 0. The van der Waals surface area contributed by atoms with Crippen LogP contribution in [0.1, 0.15) is 35.3 Å². The first-order valence-electron chi connectivity index (χ1n) is 4.26. The zero-order valence-electron chi connectivity index (χ0n) is 7.10. The fourth-order valence-corrected chi connectivity index (χ4v) is 1.41. The van der Waals surface area contributed by atoms with Gasteiger partial charge in [-0.1, -0.05) is 5.16 Å². The van der Waals surface area contributed by atoms with Gasteiger partial charge in [-0.25, -0.2) is 0 Å². The minimum Gasteiger partial charge on any atom is -0.381 e. The first-order chi connectivity index (χ1) is 6.40. The average molecular weight is 182 g/mol. The highest BCUT2D eigenvalue weighted by Crippen LogP contribution is 2.22. The van der Waals surface area contributed by atoms with Gasteiger partial charge >= 0.3 is 0 Å². The number of hydrogen-bond acceptors (Lipinski definition) is 5. The summed E-state index contributed by atoms with van der Waals surface area (Å²) >= 11 is 0. The Morgan fingerprint density at radius 1 is 1.54 bits per heavy atom. The van der Waals surface area contributed by atoms with Crippen molar-refractivity contribution in [2.75, 3.05) is 13.2 Å². The van der Waals surface area contributed by atoms with Gasteiger partial charge in [0.2, 0.25) is 6.29 Å². The summed E-state index contributed by atoms with van der Waals surface area (Å²) in [5, 5.41) is 3.71. The Kier molecular flexibility index (Phi) is 2.35. The van der Waals surface area contributed by atoms with Crippen LogP contribution in [0.2, 0.25) is 0 Å². The lowest BCUT2D eigenvalue weighted by molar-refractivity contribution is 0.0773. The van der Waals surface area contributed by atoms with Crippen molar-refractivity contribution in [2.24, 2.45) is 0 Å². The molecule has 0 aromatic carbocycles. The van der Waals surface area contributed by atoms with Crippen molar-refractivity contribution >= 4 is 6.29 Å². The molecule has 0 N–H and O–H groups in total. The van der Waals surface area contributed by atoms with E-state index in [0.29, 0.717) is 18.7 Å². The fraction of sp³-hybridized carbons (Fsp3) is 0.625. The monoisotopic (exact) mass is 182 g/mol. The maximum absolute atomic E-state index is 10.3. The molecule has 2 rings (SSSR count). The second-order valence-corrected chi connectivity index (χ2v) is 3.02. The maximum atomic E-state index is 10.3. The normalized spacial score (nSPS) is 22.9. The summed E-state index contributed by atoms with van der Waals surface area (Å²) in [6, 6.07) is 0. The molecule has 0 saturated carbocycles. The number of hydrogen-bond donors (Lipinski definition) is 0. The van der Waals surface area contributed by atoms with E-state index in [0.717, 1.165) is 19.4 Å². The quantitative estimate of drug-likeness (QED) is 0.632. The van der Waals surface area contributed by atoms with Crippen LogP contribution in [-0.2, 0) is 4.74 Å². The molecule has 1 aromatic heterocycles. The Labute approximate surface area is 75.1 Å². The molecule has 0 amide bonds. The van der Waals surface area contributed by atoms with Crippen LogP contribution < -0.4 is 0 Å². The van der Waals surface area contributed by atoms with Crippen molar-refractivity contribution < 1.29 is 14.1 Å². The van der Waals surface area contributed by atoms with Gasteiger partial charge in [0.15, 0.2) is 5.82 Å². The van der Waals surface area contributed by atoms with Crippen molar-refractivity contribution in [3.8, 4) is 0 Å². The molecule has 13 heavy (non-hydrogen) atoms. The van der Waals surface area contributed by atoms with Gasteiger partial charge in [-0.15, -0.1) is 0 Å². The lowest BCUT2D eigenvalue weighted by Gasteiger charge is -2.18. The molecule has 1 fully saturated rings. The second-order valence-electron chi connectivity index (χ2n) is 3.02. The summed E-state index contributed by atoms with van der Waals surface area (Å²) in [6.45, 7) is 1.42. The molecule has 0 aliphatic carbocycles. The van der Waals surface area contributed by atoms with E-state index in [1.165, 1.54) is 0 Å². The van der Waals surface area contributed by atoms with Gasteiger partial charge in [-0.05, 0) is 12.8 Å². The molecule has 0 radical (unpaired) electrons. The highest BCUT2D eigenvalue weighted by molar-refractivity contribution is 5.66. The zero-order chi connectivity index (χ0) is 9.10. The Morgan fingerprint density at radius 3 is 3.08 bits per heavy atom. The predicted octanol–water partition coefficient (Wildman–Crippen LogP) is 0.776. The summed E-state index contributed by atoms with van der Waals surface area (Å²) in [6.07, 6.45) is 2.56. The largest absolute Gasteiger partial charge is 0.381 e. The highest BCUT2D eigenvalue weighted by atomic mass is 16.5. The van der Waals surface area contributed by atoms with Crippen molar-refractivity contribution in [3.63, 3.8) is 0 Å². The number of carbonyl (C=O) groups is 1. The van der Waals surface area contributed by atoms with E-state index in [9.17, 15) is 4.79 Å². The number of aldehydes is 1. The van der Waals surface area contributed by atoms with Crippen LogP contribution in [0.4, 0.5) is 0 Å². The van der Waals surface area contributed by atoms with E-state index < -0.39 is 0 Å². The van der Waals surface area contributed by atoms with Gasteiger partial charge in [-0.2, -0.15) is 4.98 Å². The molecule has 0 bridgehead atoms. The maximum Gasteiger partial charge on any atom is 0.290 e. The number of nitrogens with zero attached hydrogens (tertiary/aromatic N) is 2. The zero-order valence-corrected chi connectivity index (χ0v) is 7.10. The van der Waals surface area contributed by atoms with Gasteiger partial charge in [0.1, 0.15) is 0 Å². The molecule has 1 atom stereocenters. The van der Waals surface area contributed by atoms with E-state index in [-0.39, 0.29) is 11.8 Å². The molecule has 1 unspecified atom stereocenters. The van der Waals surface area contributed by atoms with Crippen molar-refractivity contribution in [1.29, 1.82) is 0 Å². The standard InChI is InChI=1S/C8H10N2O3/c11-4-7-9-8(10-13-7)6-2-1-3-12-5-6/h4,6H,1-3,5H2. The molecule has 2 heterocycles. The molecule has 0 spiro atoms. The molecule has 5 heteroatoms.